The number of benzene rings is 3. The van der Waals surface area contributed by atoms with Gasteiger partial charge in [0.15, 0.2) is 0 Å². The van der Waals surface area contributed by atoms with E-state index in [1.807, 2.05) is 48.5 Å². The quantitative estimate of drug-likeness (QED) is 0.138. The molecule has 0 aliphatic carbocycles. The first-order valence-electron chi connectivity index (χ1n) is 12.7. The minimum Gasteiger partial charge on any atom is -0.305 e. The van der Waals surface area contributed by atoms with Crippen molar-refractivity contribution in [3.8, 4) is 22.5 Å². The van der Waals surface area contributed by atoms with E-state index in [1.165, 1.54) is 21.9 Å². The molecule has 0 spiro atoms. The third kappa shape index (κ3) is 7.67. The van der Waals surface area contributed by atoms with Crippen LogP contribution in [0.4, 0.5) is 0 Å². The topological polar surface area (TPSA) is 25.8 Å². The molecule has 0 amide bonds. The van der Waals surface area contributed by atoms with E-state index in [9.17, 15) is 0 Å². The molecule has 2 aromatic heterocycles. The molecule has 4 heteroatoms. The van der Waals surface area contributed by atoms with Gasteiger partial charge in [0.1, 0.15) is 0 Å². The summed E-state index contributed by atoms with van der Waals surface area (Å²) in [5.74, 6) is 0.357. The number of aromatic nitrogens is 2. The van der Waals surface area contributed by atoms with Gasteiger partial charge >= 0.3 is 0 Å². The molecule has 1 atom stereocenters. The minimum absolute atomic E-state index is 0. The SMILES string of the molecule is Cc1c[c-]c(-c2cc(C(C)c3ccccc3)c([Si](C)(C)C)cn2)cc1.[Ir].[c-]1ccccc1-c1ccccn1. The molecule has 0 saturated heterocycles. The van der Waals surface area contributed by atoms with Gasteiger partial charge in [0, 0.05) is 38.4 Å². The molecule has 0 fully saturated rings. The fraction of sp³-hybridized carbons (Fsp3) is 0.176. The van der Waals surface area contributed by atoms with Crippen LogP contribution >= 0.6 is 0 Å². The van der Waals surface area contributed by atoms with Crippen molar-refractivity contribution in [1.29, 1.82) is 0 Å². The van der Waals surface area contributed by atoms with Crippen molar-refractivity contribution in [1.82, 2.24) is 9.97 Å². The summed E-state index contributed by atoms with van der Waals surface area (Å²) in [5.41, 5.74) is 8.07. The van der Waals surface area contributed by atoms with E-state index in [1.54, 1.807) is 6.20 Å². The maximum atomic E-state index is 4.79. The Morgan fingerprint density at radius 1 is 0.737 bits per heavy atom. The Bertz CT molecular complexity index is 1360. The Kier molecular flexibility index (Phi) is 10.5. The molecule has 3 aromatic carbocycles. The second-order valence-electron chi connectivity index (χ2n) is 10.3. The first-order chi connectivity index (χ1) is 17.8. The van der Waals surface area contributed by atoms with E-state index < -0.39 is 8.07 Å². The number of aryl methyl sites for hydroxylation is 1. The van der Waals surface area contributed by atoms with Gasteiger partial charge in [-0.05, 0) is 33.8 Å². The summed E-state index contributed by atoms with van der Waals surface area (Å²) in [6.07, 6.45) is 3.90. The van der Waals surface area contributed by atoms with E-state index in [0.717, 1.165) is 22.5 Å². The van der Waals surface area contributed by atoms with Crippen molar-refractivity contribution in [2.45, 2.75) is 39.4 Å². The summed E-state index contributed by atoms with van der Waals surface area (Å²) < 4.78 is 0. The molecule has 0 N–H and O–H groups in total. The second-order valence-corrected chi connectivity index (χ2v) is 15.3. The largest absolute Gasteiger partial charge is 0.305 e. The van der Waals surface area contributed by atoms with Crippen molar-refractivity contribution in [2.75, 3.05) is 0 Å². The molecule has 0 saturated carbocycles. The van der Waals surface area contributed by atoms with Crippen molar-refractivity contribution >= 4 is 13.3 Å². The third-order valence-electron chi connectivity index (χ3n) is 6.40. The maximum absolute atomic E-state index is 4.79. The van der Waals surface area contributed by atoms with Gasteiger partial charge in [-0.25, -0.2) is 0 Å². The molecule has 0 aliphatic heterocycles. The van der Waals surface area contributed by atoms with Crippen LogP contribution in [0, 0.1) is 19.1 Å². The average molecular weight is 691 g/mol. The Hall–Kier alpha value is -3.17. The van der Waals surface area contributed by atoms with Gasteiger partial charge in [-0.3, -0.25) is 0 Å². The fourth-order valence-electron chi connectivity index (χ4n) is 4.26. The van der Waals surface area contributed by atoms with Crippen LogP contribution in [0.25, 0.3) is 22.5 Å². The van der Waals surface area contributed by atoms with Crippen molar-refractivity contribution in [3.63, 3.8) is 0 Å². The van der Waals surface area contributed by atoms with Gasteiger partial charge < -0.3 is 9.97 Å². The molecule has 195 valence electrons. The van der Waals surface area contributed by atoms with E-state index in [0.29, 0.717) is 5.92 Å². The van der Waals surface area contributed by atoms with Gasteiger partial charge in [-0.1, -0.05) is 82.0 Å². The van der Waals surface area contributed by atoms with E-state index >= 15 is 0 Å². The van der Waals surface area contributed by atoms with E-state index in [4.69, 9.17) is 4.98 Å². The number of hydrogen-bond donors (Lipinski definition) is 0. The van der Waals surface area contributed by atoms with Crippen LogP contribution in [0.5, 0.6) is 0 Å². The molecular weight excluding hydrogens is 657 g/mol. The molecule has 5 rings (SSSR count). The van der Waals surface area contributed by atoms with Crippen molar-refractivity contribution in [2.24, 2.45) is 0 Å². The molecule has 0 aliphatic rings. The number of nitrogens with zero attached hydrogens (tertiary/aromatic N) is 2. The van der Waals surface area contributed by atoms with E-state index in [-0.39, 0.29) is 20.1 Å². The van der Waals surface area contributed by atoms with Crippen LogP contribution in [0.15, 0.2) is 109 Å². The minimum atomic E-state index is -1.48. The molecule has 5 aromatic rings. The van der Waals surface area contributed by atoms with Crippen LogP contribution in [0.2, 0.25) is 19.6 Å². The summed E-state index contributed by atoms with van der Waals surface area (Å²) >= 11 is 0. The molecule has 0 bridgehead atoms. The Labute approximate surface area is 242 Å². The summed E-state index contributed by atoms with van der Waals surface area (Å²) in [6, 6.07) is 39.5. The zero-order valence-electron chi connectivity index (χ0n) is 22.7. The first kappa shape index (κ1) is 29.4. The zero-order chi connectivity index (χ0) is 26.3. The van der Waals surface area contributed by atoms with Crippen LogP contribution in [-0.4, -0.2) is 18.0 Å². The van der Waals surface area contributed by atoms with Crippen LogP contribution in [0.1, 0.15) is 29.5 Å². The summed E-state index contributed by atoms with van der Waals surface area (Å²) in [4.78, 5) is 9.00. The molecule has 2 nitrogen and oxygen atoms in total. The van der Waals surface area contributed by atoms with Gasteiger partial charge in [0.05, 0.1) is 8.07 Å². The number of hydrogen-bond acceptors (Lipinski definition) is 2. The number of rotatable bonds is 5. The number of pyridine rings is 2. The Morgan fingerprint density at radius 2 is 1.45 bits per heavy atom. The van der Waals surface area contributed by atoms with Gasteiger partial charge in [-0.2, -0.15) is 0 Å². The van der Waals surface area contributed by atoms with E-state index in [2.05, 4.69) is 105 Å². The standard InChI is InChI=1S/C23H26NSi.C11H8N.Ir/c1-17-11-13-20(14-12-17)22-15-21(23(16-24-22)25(3,4)5)18(2)19-9-7-6-8-10-19;1-2-6-10(7-3-1)11-8-4-5-9-12-11;/h6-13,15-16,18H,1-5H3;1-6,8-9H;/q2*-1;. The predicted octanol–water partition coefficient (Wildman–Crippen LogP) is 8.10. The van der Waals surface area contributed by atoms with Crippen molar-refractivity contribution in [3.05, 3.63) is 138 Å². The maximum Gasteiger partial charge on any atom is 0.0799 e. The average Bonchev–Trinajstić information content (AvgIpc) is 2.94. The monoisotopic (exact) mass is 691 g/mol. The van der Waals surface area contributed by atoms with Crippen LogP contribution < -0.4 is 5.19 Å². The van der Waals surface area contributed by atoms with Crippen molar-refractivity contribution < 1.29 is 20.1 Å². The zero-order valence-corrected chi connectivity index (χ0v) is 26.1. The molecule has 1 unspecified atom stereocenters. The Balaban J connectivity index is 0.000000258. The fourth-order valence-corrected chi connectivity index (χ4v) is 5.87. The summed E-state index contributed by atoms with van der Waals surface area (Å²) in [7, 11) is -1.48. The predicted molar refractivity (Wildman–Crippen MR) is 159 cm³/mol. The third-order valence-corrected chi connectivity index (χ3v) is 8.44. The second kappa shape index (κ2) is 13.6. The molecule has 38 heavy (non-hydrogen) atoms. The smallest absolute Gasteiger partial charge is 0.0799 e. The summed E-state index contributed by atoms with van der Waals surface area (Å²) in [5, 5.41) is 1.44. The summed E-state index contributed by atoms with van der Waals surface area (Å²) in [6.45, 7) is 11.6. The molecule has 1 radical (unpaired) electrons. The van der Waals surface area contributed by atoms with Crippen LogP contribution in [-0.2, 0) is 20.1 Å². The van der Waals surface area contributed by atoms with Gasteiger partial charge in [0.2, 0.25) is 0 Å². The first-order valence-corrected chi connectivity index (χ1v) is 16.2. The molecular formula is C34H34IrN2Si-2. The van der Waals surface area contributed by atoms with Gasteiger partial charge in [0.25, 0.3) is 0 Å². The normalized spacial score (nSPS) is 11.5. The molecule has 2 heterocycles. The Morgan fingerprint density at radius 3 is 2.05 bits per heavy atom. The van der Waals surface area contributed by atoms with Gasteiger partial charge in [-0.15, -0.1) is 71.3 Å². The van der Waals surface area contributed by atoms with Crippen LogP contribution in [0.3, 0.4) is 0 Å².